The van der Waals surface area contributed by atoms with Crippen molar-refractivity contribution in [3.63, 3.8) is 0 Å². The van der Waals surface area contributed by atoms with E-state index < -0.39 is 4.92 Å². The molecule has 5 rings (SSSR count). The fraction of sp³-hybridized carbons (Fsp3) is 0.222. The molecule has 10 nitrogen and oxygen atoms in total. The Morgan fingerprint density at radius 2 is 1.76 bits per heavy atom. The van der Waals surface area contributed by atoms with E-state index in [0.29, 0.717) is 39.3 Å². The lowest BCUT2D eigenvalue weighted by Crippen LogP contribution is -2.44. The predicted octanol–water partition coefficient (Wildman–Crippen LogP) is 6.44. The van der Waals surface area contributed by atoms with Gasteiger partial charge in [-0.15, -0.1) is 10.2 Å². The average molecular weight is 529 g/mol. The van der Waals surface area contributed by atoms with Gasteiger partial charge in [0.1, 0.15) is 0 Å². The number of nitro benzene ring substituents is 1. The van der Waals surface area contributed by atoms with Gasteiger partial charge >= 0.3 is 0 Å². The van der Waals surface area contributed by atoms with Crippen molar-refractivity contribution in [2.24, 2.45) is 10.2 Å². The second-order valence-electron chi connectivity index (χ2n) is 9.02. The lowest BCUT2D eigenvalue weighted by Gasteiger charge is -2.32. The Morgan fingerprint density at radius 1 is 1.05 bits per heavy atom. The second kappa shape index (κ2) is 10.1. The molecule has 0 saturated heterocycles. The highest BCUT2D eigenvalue weighted by atomic mass is 32.1. The smallest absolute Gasteiger partial charge is 0.270 e. The van der Waals surface area contributed by atoms with Gasteiger partial charge in [-0.25, -0.2) is 0 Å². The summed E-state index contributed by atoms with van der Waals surface area (Å²) < 4.78 is 4.29. The zero-order valence-electron chi connectivity index (χ0n) is 21.0. The van der Waals surface area contributed by atoms with Gasteiger partial charge in [-0.3, -0.25) is 24.6 Å². The highest BCUT2D eigenvalue weighted by Gasteiger charge is 2.36. The predicted molar refractivity (Wildman–Crippen MR) is 146 cm³/mol. The quantitative estimate of drug-likeness (QED) is 0.112. The number of amides is 2. The number of carbonyl (C=O) groups excluding carboxylic acids is 2. The number of nitro groups is 1. The van der Waals surface area contributed by atoms with Crippen molar-refractivity contribution < 1.29 is 14.5 Å². The SMILES string of the molecule is CCN(c1ccc(N=Nc2snc3ccc([N+](=O)[O-])cc23)c(C)c1)C(C)CN1C(=O)c2ccccc2C1=O. The highest BCUT2D eigenvalue weighted by Crippen LogP contribution is 2.35. The number of aromatic nitrogens is 1. The Kier molecular flexibility index (Phi) is 6.68. The zero-order chi connectivity index (χ0) is 27.0. The van der Waals surface area contributed by atoms with E-state index in [0.717, 1.165) is 22.8 Å². The third-order valence-electron chi connectivity index (χ3n) is 6.61. The van der Waals surface area contributed by atoms with Crippen LogP contribution in [-0.2, 0) is 0 Å². The number of aryl methyl sites for hydroxylation is 1. The van der Waals surface area contributed by atoms with Crippen molar-refractivity contribution in [2.45, 2.75) is 26.8 Å². The van der Waals surface area contributed by atoms with Gasteiger partial charge in [0.2, 0.25) is 0 Å². The fourth-order valence-electron chi connectivity index (χ4n) is 4.65. The highest BCUT2D eigenvalue weighted by molar-refractivity contribution is 7.11. The molecule has 2 heterocycles. The normalized spacial score (nSPS) is 13.9. The van der Waals surface area contributed by atoms with Crippen molar-refractivity contribution in [3.05, 3.63) is 87.5 Å². The summed E-state index contributed by atoms with van der Waals surface area (Å²) in [4.78, 5) is 39.8. The summed E-state index contributed by atoms with van der Waals surface area (Å²) in [6.45, 7) is 6.89. The summed E-state index contributed by atoms with van der Waals surface area (Å²) >= 11 is 1.13. The van der Waals surface area contributed by atoms with Crippen LogP contribution in [0.1, 0.15) is 40.1 Å². The number of carbonyl (C=O) groups is 2. The van der Waals surface area contributed by atoms with Gasteiger partial charge in [0.05, 0.1) is 27.3 Å². The molecule has 0 N–H and O–H groups in total. The van der Waals surface area contributed by atoms with Crippen LogP contribution in [0.15, 0.2) is 70.9 Å². The minimum Gasteiger partial charge on any atom is -0.367 e. The number of fused-ring (bicyclic) bond motifs is 2. The van der Waals surface area contributed by atoms with Gasteiger partial charge in [0.15, 0.2) is 5.00 Å². The van der Waals surface area contributed by atoms with Gasteiger partial charge in [0, 0.05) is 42.3 Å². The molecular weight excluding hydrogens is 504 g/mol. The summed E-state index contributed by atoms with van der Waals surface area (Å²) in [5.74, 6) is -0.525. The number of benzene rings is 3. The van der Waals surface area contributed by atoms with Gasteiger partial charge in [-0.2, -0.15) is 4.37 Å². The Balaban J connectivity index is 1.34. The van der Waals surface area contributed by atoms with Crippen molar-refractivity contribution in [1.82, 2.24) is 9.27 Å². The molecule has 1 aliphatic heterocycles. The molecule has 1 aliphatic rings. The molecule has 1 aromatic heterocycles. The molecule has 0 aliphatic carbocycles. The van der Waals surface area contributed by atoms with Gasteiger partial charge in [-0.05, 0) is 74.3 Å². The van der Waals surface area contributed by atoms with E-state index in [1.54, 1.807) is 30.3 Å². The molecule has 38 heavy (non-hydrogen) atoms. The molecular formula is C27H24N6O4S. The van der Waals surface area contributed by atoms with Crippen LogP contribution in [-0.4, -0.2) is 45.1 Å². The summed E-state index contributed by atoms with van der Waals surface area (Å²) in [5, 5.41) is 20.9. The minimum absolute atomic E-state index is 0.0235. The van der Waals surface area contributed by atoms with Crippen LogP contribution in [0.25, 0.3) is 10.9 Å². The first-order chi connectivity index (χ1) is 18.3. The summed E-state index contributed by atoms with van der Waals surface area (Å²) in [6, 6.07) is 17.0. The number of nitrogens with zero attached hydrogens (tertiary/aromatic N) is 6. The monoisotopic (exact) mass is 528 g/mol. The van der Waals surface area contributed by atoms with E-state index in [-0.39, 0.29) is 30.1 Å². The van der Waals surface area contributed by atoms with Crippen molar-refractivity contribution >= 4 is 56.3 Å². The molecule has 0 bridgehead atoms. The molecule has 3 aromatic carbocycles. The Hall–Kier alpha value is -4.51. The average Bonchev–Trinajstić information content (AvgIpc) is 3.42. The number of hydrogen-bond donors (Lipinski definition) is 0. The second-order valence-corrected chi connectivity index (χ2v) is 9.77. The fourth-order valence-corrected chi connectivity index (χ4v) is 5.33. The molecule has 1 atom stereocenters. The topological polar surface area (TPSA) is 121 Å². The van der Waals surface area contributed by atoms with Crippen LogP contribution in [0, 0.1) is 17.0 Å². The first-order valence-electron chi connectivity index (χ1n) is 12.1. The van der Waals surface area contributed by atoms with E-state index in [2.05, 4.69) is 19.5 Å². The summed E-state index contributed by atoms with van der Waals surface area (Å²) in [5.41, 5.74) is 3.98. The number of rotatable bonds is 8. The molecule has 1 unspecified atom stereocenters. The number of imide groups is 1. The van der Waals surface area contributed by atoms with E-state index in [9.17, 15) is 19.7 Å². The van der Waals surface area contributed by atoms with Crippen LogP contribution < -0.4 is 4.90 Å². The Bertz CT molecular complexity index is 1580. The molecule has 2 amide bonds. The van der Waals surface area contributed by atoms with Crippen LogP contribution in [0.3, 0.4) is 0 Å². The lowest BCUT2D eigenvalue weighted by molar-refractivity contribution is -0.384. The standard InChI is InChI=1S/C27H24N6O4S/c1-4-31(17(3)15-32-26(34)20-7-5-6-8-21(20)27(32)35)18-9-11-23(16(2)13-18)28-29-25-22-14-19(33(36)37)10-12-24(22)30-38-25/h5-14,17H,4,15H2,1-3H3. The molecule has 0 radical (unpaired) electrons. The molecule has 0 saturated carbocycles. The Labute approximate surface area is 222 Å². The third kappa shape index (κ3) is 4.52. The first-order valence-corrected chi connectivity index (χ1v) is 12.8. The first kappa shape index (κ1) is 25.2. The molecule has 0 spiro atoms. The minimum atomic E-state index is -0.449. The molecule has 11 heteroatoms. The van der Waals surface area contributed by atoms with E-state index in [1.807, 2.05) is 39.0 Å². The molecule has 192 valence electrons. The van der Waals surface area contributed by atoms with Crippen LogP contribution in [0.4, 0.5) is 22.1 Å². The van der Waals surface area contributed by atoms with Crippen molar-refractivity contribution in [3.8, 4) is 0 Å². The molecule has 0 fully saturated rings. The van der Waals surface area contributed by atoms with Crippen LogP contribution >= 0.6 is 11.5 Å². The van der Waals surface area contributed by atoms with Crippen molar-refractivity contribution in [1.29, 1.82) is 0 Å². The summed E-state index contributed by atoms with van der Waals surface area (Å²) in [7, 11) is 0. The maximum absolute atomic E-state index is 12.8. The number of anilines is 1. The van der Waals surface area contributed by atoms with Gasteiger partial charge in [0.25, 0.3) is 17.5 Å². The van der Waals surface area contributed by atoms with E-state index in [4.69, 9.17) is 0 Å². The summed E-state index contributed by atoms with van der Waals surface area (Å²) in [6.07, 6.45) is 0. The molecule has 4 aromatic rings. The Morgan fingerprint density at radius 3 is 2.39 bits per heavy atom. The van der Waals surface area contributed by atoms with Crippen molar-refractivity contribution in [2.75, 3.05) is 18.0 Å². The maximum atomic E-state index is 12.8. The van der Waals surface area contributed by atoms with E-state index in [1.165, 1.54) is 17.0 Å². The van der Waals surface area contributed by atoms with Gasteiger partial charge < -0.3 is 4.90 Å². The number of hydrogen-bond acceptors (Lipinski definition) is 9. The number of non-ortho nitro benzene ring substituents is 1. The van der Waals surface area contributed by atoms with Crippen LogP contribution in [0.5, 0.6) is 0 Å². The zero-order valence-corrected chi connectivity index (χ0v) is 21.8. The number of likely N-dealkylation sites (N-methyl/N-ethyl adjacent to an activating group) is 1. The maximum Gasteiger partial charge on any atom is 0.270 e. The van der Waals surface area contributed by atoms with E-state index >= 15 is 0 Å². The number of azo groups is 1. The third-order valence-corrected chi connectivity index (χ3v) is 7.37. The van der Waals surface area contributed by atoms with Crippen LogP contribution in [0.2, 0.25) is 0 Å². The largest absolute Gasteiger partial charge is 0.367 e. The lowest BCUT2D eigenvalue weighted by atomic mass is 10.1. The van der Waals surface area contributed by atoms with Gasteiger partial charge in [-0.1, -0.05) is 12.1 Å².